The number of aromatic amines is 1. The summed E-state index contributed by atoms with van der Waals surface area (Å²) in [7, 11) is 0. The summed E-state index contributed by atoms with van der Waals surface area (Å²) in [5.41, 5.74) is 1.75. The number of nitrogens with zero attached hydrogens (tertiary/aromatic N) is 4. The Morgan fingerprint density at radius 1 is 1.26 bits per heavy atom. The lowest BCUT2D eigenvalue weighted by Crippen LogP contribution is -2.69. The maximum absolute atomic E-state index is 12.3. The van der Waals surface area contributed by atoms with Crippen molar-refractivity contribution < 1.29 is 9.59 Å². The maximum Gasteiger partial charge on any atom is 0.272 e. The Bertz CT molecular complexity index is 763. The van der Waals surface area contributed by atoms with Crippen LogP contribution in [-0.4, -0.2) is 55.3 Å². The van der Waals surface area contributed by atoms with Gasteiger partial charge < -0.3 is 15.2 Å². The lowest BCUT2D eigenvalue weighted by molar-refractivity contribution is 0.0325. The van der Waals surface area contributed by atoms with Gasteiger partial charge in [0, 0.05) is 24.5 Å². The molecule has 2 aromatic heterocycles. The summed E-state index contributed by atoms with van der Waals surface area (Å²) in [5, 5.41) is 2.94. The van der Waals surface area contributed by atoms with Gasteiger partial charge in [-0.15, -0.1) is 0 Å². The number of nitrogens with one attached hydrogen (secondary N) is 2. The third kappa shape index (κ3) is 2.92. The third-order valence-electron chi connectivity index (χ3n) is 3.85. The molecular formula is C15H18N6O2. The number of carbonyl (C=O) groups excluding carboxylic acids is 2. The molecule has 0 aliphatic carbocycles. The number of carbonyl (C=O) groups is 2. The summed E-state index contributed by atoms with van der Waals surface area (Å²) in [4.78, 5) is 41.1. The predicted octanol–water partition coefficient (Wildman–Crippen LogP) is 0.461. The highest BCUT2D eigenvalue weighted by Gasteiger charge is 2.43. The van der Waals surface area contributed by atoms with Gasteiger partial charge in [-0.25, -0.2) is 15.0 Å². The van der Waals surface area contributed by atoms with Gasteiger partial charge in [0.25, 0.3) is 11.8 Å². The molecule has 0 radical (unpaired) electrons. The fourth-order valence-corrected chi connectivity index (χ4v) is 2.67. The molecule has 0 aromatic carbocycles. The summed E-state index contributed by atoms with van der Waals surface area (Å²) in [5.74, 6) is -0.394. The van der Waals surface area contributed by atoms with Crippen molar-refractivity contribution in [3.05, 3.63) is 41.5 Å². The number of aromatic nitrogens is 4. The number of aryl methyl sites for hydroxylation is 2. The molecule has 3 rings (SSSR count). The standard InChI is InChI=1S/C15H18N6O2/c1-9-4-11(18-7-16-9)14(23)21-5-15(3,6-21)20-13(22)12-10(2)17-8-19-12/h4,7-8H,5-6H2,1-3H3,(H,17,19)(H,20,22). The van der Waals surface area contributed by atoms with E-state index in [1.165, 1.54) is 12.7 Å². The summed E-state index contributed by atoms with van der Waals surface area (Å²) in [6, 6.07) is 1.66. The molecule has 8 nitrogen and oxygen atoms in total. The minimum absolute atomic E-state index is 0.154. The van der Waals surface area contributed by atoms with E-state index in [9.17, 15) is 9.59 Å². The lowest BCUT2D eigenvalue weighted by atomic mass is 9.91. The Hall–Kier alpha value is -2.77. The van der Waals surface area contributed by atoms with E-state index in [-0.39, 0.29) is 11.8 Å². The van der Waals surface area contributed by atoms with Crippen LogP contribution in [0, 0.1) is 13.8 Å². The minimum atomic E-state index is -0.458. The van der Waals surface area contributed by atoms with E-state index in [1.807, 2.05) is 13.8 Å². The van der Waals surface area contributed by atoms with E-state index < -0.39 is 5.54 Å². The number of amides is 2. The van der Waals surface area contributed by atoms with Gasteiger partial charge in [0.05, 0.1) is 11.9 Å². The number of rotatable bonds is 3. The molecule has 1 fully saturated rings. The van der Waals surface area contributed by atoms with Crippen LogP contribution >= 0.6 is 0 Å². The first kappa shape index (κ1) is 15.1. The normalized spacial score (nSPS) is 15.9. The second kappa shape index (κ2) is 5.45. The van der Waals surface area contributed by atoms with Crippen LogP contribution in [0.3, 0.4) is 0 Å². The van der Waals surface area contributed by atoms with Crippen molar-refractivity contribution in [3.63, 3.8) is 0 Å². The van der Waals surface area contributed by atoms with E-state index in [0.717, 1.165) is 11.4 Å². The molecule has 1 aliphatic rings. The van der Waals surface area contributed by atoms with Gasteiger partial charge in [0.15, 0.2) is 0 Å². The number of hydrogen-bond donors (Lipinski definition) is 2. The zero-order valence-corrected chi connectivity index (χ0v) is 13.3. The van der Waals surface area contributed by atoms with Crippen LogP contribution < -0.4 is 5.32 Å². The van der Waals surface area contributed by atoms with Gasteiger partial charge in [-0.3, -0.25) is 9.59 Å². The SMILES string of the molecule is Cc1cc(C(=O)N2CC(C)(NC(=O)c3nc[nH]c3C)C2)ncn1. The highest BCUT2D eigenvalue weighted by atomic mass is 16.2. The van der Waals surface area contributed by atoms with E-state index in [4.69, 9.17) is 0 Å². The predicted molar refractivity (Wildman–Crippen MR) is 81.9 cm³/mol. The summed E-state index contributed by atoms with van der Waals surface area (Å²) in [6.45, 7) is 6.37. The molecule has 0 saturated carbocycles. The Labute approximate surface area is 133 Å². The first-order valence-corrected chi connectivity index (χ1v) is 7.28. The molecule has 0 unspecified atom stereocenters. The van der Waals surface area contributed by atoms with E-state index in [0.29, 0.717) is 24.5 Å². The Morgan fingerprint density at radius 2 is 2.00 bits per heavy atom. The van der Waals surface area contributed by atoms with Gasteiger partial charge in [0.2, 0.25) is 0 Å². The van der Waals surface area contributed by atoms with Crippen LogP contribution in [0.15, 0.2) is 18.7 Å². The van der Waals surface area contributed by atoms with Crippen molar-refractivity contribution in [2.24, 2.45) is 0 Å². The smallest absolute Gasteiger partial charge is 0.272 e. The van der Waals surface area contributed by atoms with Crippen LogP contribution in [0.25, 0.3) is 0 Å². The van der Waals surface area contributed by atoms with Gasteiger partial charge in [-0.05, 0) is 26.8 Å². The Morgan fingerprint density at radius 3 is 2.61 bits per heavy atom. The van der Waals surface area contributed by atoms with Crippen molar-refractivity contribution in [1.29, 1.82) is 0 Å². The maximum atomic E-state index is 12.3. The van der Waals surface area contributed by atoms with Crippen LogP contribution in [0.2, 0.25) is 0 Å². The summed E-state index contributed by atoms with van der Waals surface area (Å²) < 4.78 is 0. The zero-order valence-electron chi connectivity index (χ0n) is 13.3. The number of H-pyrrole nitrogens is 1. The molecule has 120 valence electrons. The molecule has 0 bridgehead atoms. The van der Waals surface area contributed by atoms with Gasteiger partial charge in [-0.1, -0.05) is 0 Å². The van der Waals surface area contributed by atoms with Crippen LogP contribution in [0.4, 0.5) is 0 Å². The van der Waals surface area contributed by atoms with Crippen LogP contribution in [-0.2, 0) is 0 Å². The zero-order chi connectivity index (χ0) is 16.6. The average Bonchev–Trinajstić information content (AvgIpc) is 2.90. The lowest BCUT2D eigenvalue weighted by Gasteiger charge is -2.48. The molecule has 2 N–H and O–H groups in total. The highest BCUT2D eigenvalue weighted by Crippen LogP contribution is 2.23. The number of likely N-dealkylation sites (tertiary alicyclic amines) is 1. The van der Waals surface area contributed by atoms with Gasteiger partial charge in [0.1, 0.15) is 17.7 Å². The molecule has 1 aliphatic heterocycles. The molecule has 2 amide bonds. The van der Waals surface area contributed by atoms with E-state index in [2.05, 4.69) is 25.3 Å². The number of hydrogen-bond acceptors (Lipinski definition) is 5. The van der Waals surface area contributed by atoms with Crippen molar-refractivity contribution >= 4 is 11.8 Å². The molecule has 2 aromatic rings. The highest BCUT2D eigenvalue weighted by molar-refractivity contribution is 5.95. The first-order valence-electron chi connectivity index (χ1n) is 7.28. The molecule has 3 heterocycles. The molecule has 8 heteroatoms. The molecule has 23 heavy (non-hydrogen) atoms. The second-order valence-corrected chi connectivity index (χ2v) is 6.10. The molecule has 1 saturated heterocycles. The van der Waals surface area contributed by atoms with E-state index >= 15 is 0 Å². The Balaban J connectivity index is 1.62. The van der Waals surface area contributed by atoms with Gasteiger partial charge in [-0.2, -0.15) is 0 Å². The summed E-state index contributed by atoms with van der Waals surface area (Å²) >= 11 is 0. The monoisotopic (exact) mass is 314 g/mol. The first-order chi connectivity index (χ1) is 10.9. The molecular weight excluding hydrogens is 296 g/mol. The van der Waals surface area contributed by atoms with Crippen LogP contribution in [0.5, 0.6) is 0 Å². The molecule has 0 atom stereocenters. The third-order valence-corrected chi connectivity index (χ3v) is 3.85. The van der Waals surface area contributed by atoms with Crippen molar-refractivity contribution in [2.75, 3.05) is 13.1 Å². The van der Waals surface area contributed by atoms with Crippen molar-refractivity contribution in [2.45, 2.75) is 26.3 Å². The summed E-state index contributed by atoms with van der Waals surface area (Å²) in [6.07, 6.45) is 2.87. The fraction of sp³-hybridized carbons (Fsp3) is 0.400. The largest absolute Gasteiger partial charge is 0.348 e. The number of imidazole rings is 1. The van der Waals surface area contributed by atoms with Gasteiger partial charge >= 0.3 is 0 Å². The Kier molecular flexibility index (Phi) is 3.59. The minimum Gasteiger partial charge on any atom is -0.348 e. The topological polar surface area (TPSA) is 104 Å². The fourth-order valence-electron chi connectivity index (χ4n) is 2.67. The van der Waals surface area contributed by atoms with Crippen molar-refractivity contribution in [1.82, 2.24) is 30.2 Å². The quantitative estimate of drug-likeness (QED) is 0.856. The van der Waals surface area contributed by atoms with E-state index in [1.54, 1.807) is 17.9 Å². The van der Waals surface area contributed by atoms with Crippen LogP contribution in [0.1, 0.15) is 39.3 Å². The van der Waals surface area contributed by atoms with Crippen molar-refractivity contribution in [3.8, 4) is 0 Å². The molecule has 0 spiro atoms. The second-order valence-electron chi connectivity index (χ2n) is 6.10. The average molecular weight is 314 g/mol.